The predicted molar refractivity (Wildman–Crippen MR) is 135 cm³/mol. The van der Waals surface area contributed by atoms with Gasteiger partial charge in [0.1, 0.15) is 4.90 Å². The van der Waals surface area contributed by atoms with E-state index in [0.717, 1.165) is 17.8 Å². The number of para-hydroxylation sites is 1. The third-order valence-corrected chi connectivity index (χ3v) is 6.44. The molecule has 0 aliphatic carbocycles. The average molecular weight is 514 g/mol. The lowest BCUT2D eigenvalue weighted by molar-refractivity contribution is -0.385. The normalized spacial score (nSPS) is 11.3. The van der Waals surface area contributed by atoms with Crippen molar-refractivity contribution < 1.29 is 28.3 Å². The summed E-state index contributed by atoms with van der Waals surface area (Å²) in [4.78, 5) is 23.3. The Morgan fingerprint density at radius 3 is 2.44 bits per heavy atom. The second-order valence-corrected chi connectivity index (χ2v) is 9.15. The van der Waals surface area contributed by atoms with Crippen LogP contribution in [0.15, 0.2) is 76.7 Å². The molecule has 0 heterocycles. The molecule has 36 heavy (non-hydrogen) atoms. The van der Waals surface area contributed by atoms with Gasteiger partial charge in [0.15, 0.2) is 0 Å². The van der Waals surface area contributed by atoms with E-state index in [2.05, 4.69) is 15.2 Å². The first kappa shape index (κ1) is 26.1. The summed E-state index contributed by atoms with van der Waals surface area (Å²) in [7, 11) is -2.62. The number of nitro benzene ring substituents is 1. The van der Waals surface area contributed by atoms with Crippen molar-refractivity contribution >= 4 is 45.0 Å². The maximum atomic E-state index is 13.1. The van der Waals surface area contributed by atoms with Crippen molar-refractivity contribution in [2.75, 3.05) is 35.2 Å². The SMILES string of the molecule is CN(CCO)c1ccc(/C=N\Nc2ccc([N+](=O)[O-])cc2S(=O)(=O)Nc2ccccc2C(=O)O)cc1. The molecule has 0 spiro atoms. The van der Waals surface area contributed by atoms with Crippen LogP contribution in [0, 0.1) is 10.1 Å². The standard InChI is InChI=1S/C23H23N5O7S/c1-27(12-13-29)17-8-6-16(7-9-17)15-24-25-21-11-10-18(28(32)33)14-22(21)36(34,35)26-20-5-3-2-4-19(20)23(30)31/h2-11,14-15,25-26,29H,12-13H2,1H3,(H,30,31)/b24-15-. The molecule has 0 radical (unpaired) electrons. The van der Waals surface area contributed by atoms with Crippen LogP contribution in [0.5, 0.6) is 0 Å². The van der Waals surface area contributed by atoms with Crippen LogP contribution in [0.25, 0.3) is 0 Å². The minimum absolute atomic E-state index is 0.0147. The molecule has 12 nitrogen and oxygen atoms in total. The van der Waals surface area contributed by atoms with Crippen molar-refractivity contribution in [3.05, 3.63) is 88.0 Å². The number of carboxylic acids is 1. The maximum Gasteiger partial charge on any atom is 0.337 e. The zero-order chi connectivity index (χ0) is 26.3. The molecule has 0 aliphatic heterocycles. The molecule has 0 saturated carbocycles. The van der Waals surface area contributed by atoms with E-state index in [-0.39, 0.29) is 23.5 Å². The first-order valence-electron chi connectivity index (χ1n) is 10.5. The molecule has 3 aromatic carbocycles. The van der Waals surface area contributed by atoms with Crippen molar-refractivity contribution in [3.63, 3.8) is 0 Å². The van der Waals surface area contributed by atoms with Gasteiger partial charge < -0.3 is 15.1 Å². The lowest BCUT2D eigenvalue weighted by Crippen LogP contribution is -2.20. The van der Waals surface area contributed by atoms with Gasteiger partial charge in [-0.15, -0.1) is 0 Å². The van der Waals surface area contributed by atoms with E-state index in [0.29, 0.717) is 12.1 Å². The van der Waals surface area contributed by atoms with Crippen LogP contribution in [-0.4, -0.2) is 55.9 Å². The predicted octanol–water partition coefficient (Wildman–Crippen LogP) is 2.97. The van der Waals surface area contributed by atoms with Crippen LogP contribution in [0.4, 0.5) is 22.7 Å². The molecule has 0 bridgehead atoms. The Hall–Kier alpha value is -4.49. The molecule has 0 saturated heterocycles. The van der Waals surface area contributed by atoms with E-state index in [1.54, 1.807) is 12.1 Å². The fourth-order valence-electron chi connectivity index (χ4n) is 3.17. The average Bonchev–Trinajstić information content (AvgIpc) is 2.84. The summed E-state index contributed by atoms with van der Waals surface area (Å²) >= 11 is 0. The number of hydrogen-bond donors (Lipinski definition) is 4. The molecule has 0 unspecified atom stereocenters. The third kappa shape index (κ3) is 6.34. The van der Waals surface area contributed by atoms with Gasteiger partial charge in [-0.1, -0.05) is 24.3 Å². The van der Waals surface area contributed by atoms with Crippen LogP contribution in [0.1, 0.15) is 15.9 Å². The van der Waals surface area contributed by atoms with E-state index in [1.807, 2.05) is 24.1 Å². The third-order valence-electron chi connectivity index (χ3n) is 5.04. The number of non-ortho nitro benzene ring substituents is 1. The van der Waals surface area contributed by atoms with Crippen LogP contribution in [0.3, 0.4) is 0 Å². The van der Waals surface area contributed by atoms with Crippen LogP contribution >= 0.6 is 0 Å². The van der Waals surface area contributed by atoms with E-state index in [4.69, 9.17) is 5.11 Å². The van der Waals surface area contributed by atoms with Crippen molar-refractivity contribution in [2.24, 2.45) is 5.10 Å². The molecule has 3 rings (SSSR count). The molecule has 0 atom stereocenters. The number of carboxylic acid groups (broad SMARTS) is 1. The van der Waals surface area contributed by atoms with Crippen molar-refractivity contribution in [1.82, 2.24) is 0 Å². The van der Waals surface area contributed by atoms with Gasteiger partial charge in [0, 0.05) is 31.4 Å². The minimum atomic E-state index is -4.45. The molecular weight excluding hydrogens is 490 g/mol. The molecule has 0 fully saturated rings. The van der Waals surface area contributed by atoms with Crippen molar-refractivity contribution in [3.8, 4) is 0 Å². The Labute approximate surface area is 206 Å². The lowest BCUT2D eigenvalue weighted by Gasteiger charge is -2.17. The van der Waals surface area contributed by atoms with E-state index < -0.39 is 31.5 Å². The Kier molecular flexibility index (Phi) is 8.19. The molecule has 3 aromatic rings. The Bertz CT molecular complexity index is 1390. The number of hydrazone groups is 1. The number of sulfonamides is 1. The summed E-state index contributed by atoms with van der Waals surface area (Å²) < 4.78 is 28.4. The summed E-state index contributed by atoms with van der Waals surface area (Å²) in [5.74, 6) is -1.34. The number of rotatable bonds is 11. The minimum Gasteiger partial charge on any atom is -0.478 e. The summed E-state index contributed by atoms with van der Waals surface area (Å²) in [5, 5.41) is 33.7. The number of nitro groups is 1. The Balaban J connectivity index is 1.89. The number of aliphatic hydroxyl groups is 1. The highest BCUT2D eigenvalue weighted by molar-refractivity contribution is 7.93. The number of nitrogens with zero attached hydrogens (tertiary/aromatic N) is 3. The first-order valence-corrected chi connectivity index (χ1v) is 12.0. The number of carbonyl (C=O) groups is 1. The smallest absolute Gasteiger partial charge is 0.337 e. The second-order valence-electron chi connectivity index (χ2n) is 7.50. The number of aromatic carboxylic acids is 1. The Morgan fingerprint density at radius 2 is 1.81 bits per heavy atom. The zero-order valence-corrected chi connectivity index (χ0v) is 19.8. The summed E-state index contributed by atoms with van der Waals surface area (Å²) in [6.45, 7) is 0.484. The molecule has 188 valence electrons. The molecule has 4 N–H and O–H groups in total. The van der Waals surface area contributed by atoms with Crippen LogP contribution in [0.2, 0.25) is 0 Å². The number of aliphatic hydroxyl groups excluding tert-OH is 1. The summed E-state index contributed by atoms with van der Waals surface area (Å²) in [6.07, 6.45) is 1.43. The highest BCUT2D eigenvalue weighted by atomic mass is 32.2. The van der Waals surface area contributed by atoms with Crippen molar-refractivity contribution in [2.45, 2.75) is 4.90 Å². The molecule has 0 amide bonds. The molecule has 0 aliphatic rings. The summed E-state index contributed by atoms with van der Waals surface area (Å²) in [5.41, 5.74) is 3.13. The van der Waals surface area contributed by atoms with Gasteiger partial charge >= 0.3 is 5.97 Å². The number of hydrogen-bond acceptors (Lipinski definition) is 9. The maximum absolute atomic E-state index is 13.1. The number of anilines is 3. The number of nitrogens with one attached hydrogen (secondary N) is 2. The van der Waals surface area contributed by atoms with Gasteiger partial charge in [0.2, 0.25) is 0 Å². The fourth-order valence-corrected chi connectivity index (χ4v) is 4.42. The van der Waals surface area contributed by atoms with E-state index in [9.17, 15) is 28.4 Å². The monoisotopic (exact) mass is 513 g/mol. The second kappa shape index (κ2) is 11.3. The summed E-state index contributed by atoms with van der Waals surface area (Å²) in [6, 6.07) is 15.7. The molecule has 0 aromatic heterocycles. The highest BCUT2D eigenvalue weighted by Gasteiger charge is 2.24. The first-order chi connectivity index (χ1) is 17.1. The van der Waals surface area contributed by atoms with Crippen LogP contribution < -0.4 is 15.0 Å². The Morgan fingerprint density at radius 1 is 1.11 bits per heavy atom. The lowest BCUT2D eigenvalue weighted by atomic mass is 10.2. The van der Waals surface area contributed by atoms with Gasteiger partial charge in [0.05, 0.1) is 34.7 Å². The van der Waals surface area contributed by atoms with Gasteiger partial charge in [-0.25, -0.2) is 13.2 Å². The van der Waals surface area contributed by atoms with Gasteiger partial charge in [-0.2, -0.15) is 5.10 Å². The van der Waals surface area contributed by atoms with Crippen molar-refractivity contribution in [1.29, 1.82) is 0 Å². The highest BCUT2D eigenvalue weighted by Crippen LogP contribution is 2.29. The van der Waals surface area contributed by atoms with E-state index >= 15 is 0 Å². The topological polar surface area (TPSA) is 174 Å². The number of likely N-dealkylation sites (N-methyl/N-ethyl adjacent to an activating group) is 1. The molecular formula is C23H23N5O7S. The van der Waals surface area contributed by atoms with E-state index in [1.165, 1.54) is 36.5 Å². The fraction of sp³-hybridized carbons (Fsp3) is 0.130. The van der Waals surface area contributed by atoms with Gasteiger partial charge in [0.25, 0.3) is 15.7 Å². The quantitative estimate of drug-likeness (QED) is 0.171. The van der Waals surface area contributed by atoms with Gasteiger partial charge in [-0.3, -0.25) is 20.3 Å². The van der Waals surface area contributed by atoms with Crippen LogP contribution in [-0.2, 0) is 10.0 Å². The molecule has 13 heteroatoms. The van der Waals surface area contributed by atoms with Gasteiger partial charge in [-0.05, 0) is 35.9 Å². The number of benzene rings is 3. The largest absolute Gasteiger partial charge is 0.478 e. The zero-order valence-electron chi connectivity index (χ0n) is 19.0.